The van der Waals surface area contributed by atoms with Gasteiger partial charge in [-0.25, -0.2) is 4.39 Å². The maximum Gasteiger partial charge on any atom is 0.288 e. The zero-order valence-electron chi connectivity index (χ0n) is 9.95. The summed E-state index contributed by atoms with van der Waals surface area (Å²) in [5.41, 5.74) is 7.88. The van der Waals surface area contributed by atoms with Crippen LogP contribution in [-0.2, 0) is 6.54 Å². The summed E-state index contributed by atoms with van der Waals surface area (Å²) in [5, 5.41) is 0. The second-order valence-electron chi connectivity index (χ2n) is 3.91. The first-order valence-electron chi connectivity index (χ1n) is 5.64. The first-order valence-corrected chi connectivity index (χ1v) is 6.52. The van der Waals surface area contributed by atoms with Gasteiger partial charge in [-0.15, -0.1) is 0 Å². The van der Waals surface area contributed by atoms with Gasteiger partial charge in [-0.3, -0.25) is 0 Å². The summed E-state index contributed by atoms with van der Waals surface area (Å²) in [4.78, 5) is 0.476. The minimum Gasteiger partial charge on any atom is -0.326 e. The third kappa shape index (κ3) is 3.52. The Balaban J connectivity index is 2.34. The number of nitrogens with two attached hydrogens (primary N) is 1. The standard InChI is InChI=1S/C14H12F3NS/c15-11-4-1-10(8-18)13(7-11)9-2-5-12(6-3-9)19-14(16)17/h1-7,14H,8,18H2. The fourth-order valence-corrected chi connectivity index (χ4v) is 2.31. The molecule has 0 bridgehead atoms. The van der Waals surface area contributed by atoms with E-state index in [0.717, 1.165) is 11.1 Å². The fourth-order valence-electron chi connectivity index (χ4n) is 1.81. The molecule has 0 aliphatic carbocycles. The zero-order chi connectivity index (χ0) is 13.8. The van der Waals surface area contributed by atoms with E-state index in [-0.39, 0.29) is 5.82 Å². The maximum atomic E-state index is 13.3. The number of hydrogen-bond acceptors (Lipinski definition) is 2. The van der Waals surface area contributed by atoms with Gasteiger partial charge in [-0.2, -0.15) is 8.78 Å². The third-order valence-corrected chi connectivity index (χ3v) is 3.40. The van der Waals surface area contributed by atoms with Crippen molar-refractivity contribution in [2.75, 3.05) is 0 Å². The Hall–Kier alpha value is -1.46. The lowest BCUT2D eigenvalue weighted by atomic mass is 10.00. The van der Waals surface area contributed by atoms with E-state index in [4.69, 9.17) is 5.73 Å². The van der Waals surface area contributed by atoms with Crippen LogP contribution in [0.5, 0.6) is 0 Å². The van der Waals surface area contributed by atoms with Crippen LogP contribution in [0, 0.1) is 5.82 Å². The van der Waals surface area contributed by atoms with Gasteiger partial charge in [-0.05, 0) is 41.0 Å². The molecule has 2 N–H and O–H groups in total. The topological polar surface area (TPSA) is 26.0 Å². The molecule has 0 aliphatic heterocycles. The number of alkyl halides is 2. The summed E-state index contributed by atoms with van der Waals surface area (Å²) in [6.45, 7) is 0.295. The molecule has 19 heavy (non-hydrogen) atoms. The highest BCUT2D eigenvalue weighted by molar-refractivity contribution is 7.99. The van der Waals surface area contributed by atoms with Gasteiger partial charge in [0.15, 0.2) is 0 Å². The molecule has 0 aromatic heterocycles. The Morgan fingerprint density at radius 2 is 1.74 bits per heavy atom. The summed E-state index contributed by atoms with van der Waals surface area (Å²) in [6.07, 6.45) is 0. The SMILES string of the molecule is NCc1ccc(F)cc1-c1ccc(SC(F)F)cc1. The minimum atomic E-state index is -2.44. The summed E-state index contributed by atoms with van der Waals surface area (Å²) >= 11 is 0.483. The zero-order valence-corrected chi connectivity index (χ0v) is 10.8. The van der Waals surface area contributed by atoms with E-state index < -0.39 is 5.76 Å². The Bertz CT molecular complexity index is 555. The minimum absolute atomic E-state index is 0.295. The van der Waals surface area contributed by atoms with Crippen LogP contribution in [0.15, 0.2) is 47.4 Å². The molecule has 0 heterocycles. The lowest BCUT2D eigenvalue weighted by Gasteiger charge is -2.09. The molecule has 0 fully saturated rings. The number of hydrogen-bond donors (Lipinski definition) is 1. The highest BCUT2D eigenvalue weighted by Gasteiger charge is 2.08. The number of halogens is 3. The second kappa shape index (κ2) is 6.12. The third-order valence-electron chi connectivity index (χ3n) is 2.68. The molecule has 0 amide bonds. The predicted molar refractivity (Wildman–Crippen MR) is 71.6 cm³/mol. The van der Waals surface area contributed by atoms with E-state index in [2.05, 4.69) is 0 Å². The molecule has 0 unspecified atom stereocenters. The van der Waals surface area contributed by atoms with E-state index in [1.807, 2.05) is 0 Å². The first-order chi connectivity index (χ1) is 9.10. The summed E-state index contributed by atoms with van der Waals surface area (Å²) < 4.78 is 37.7. The summed E-state index contributed by atoms with van der Waals surface area (Å²) in [6, 6.07) is 11.0. The molecule has 0 atom stereocenters. The molecule has 2 aromatic carbocycles. The van der Waals surface area contributed by atoms with E-state index in [1.165, 1.54) is 12.1 Å². The molecule has 2 aromatic rings. The molecule has 0 saturated heterocycles. The van der Waals surface area contributed by atoms with Crippen LogP contribution in [0.1, 0.15) is 5.56 Å². The van der Waals surface area contributed by atoms with Crippen molar-refractivity contribution in [3.8, 4) is 11.1 Å². The average molecular weight is 283 g/mol. The van der Waals surface area contributed by atoms with E-state index >= 15 is 0 Å². The van der Waals surface area contributed by atoms with Gasteiger partial charge < -0.3 is 5.73 Å². The smallest absolute Gasteiger partial charge is 0.288 e. The highest BCUT2D eigenvalue weighted by Crippen LogP contribution is 2.29. The maximum absolute atomic E-state index is 13.3. The lowest BCUT2D eigenvalue weighted by Crippen LogP contribution is -1.99. The normalized spacial score (nSPS) is 11.0. The monoisotopic (exact) mass is 283 g/mol. The molecule has 0 radical (unpaired) electrons. The Morgan fingerprint density at radius 3 is 2.32 bits per heavy atom. The van der Waals surface area contributed by atoms with Gasteiger partial charge in [0, 0.05) is 11.4 Å². The lowest BCUT2D eigenvalue weighted by molar-refractivity contribution is 0.252. The highest BCUT2D eigenvalue weighted by atomic mass is 32.2. The number of benzene rings is 2. The van der Waals surface area contributed by atoms with Gasteiger partial charge >= 0.3 is 0 Å². The molecule has 5 heteroatoms. The van der Waals surface area contributed by atoms with Crippen molar-refractivity contribution in [1.82, 2.24) is 0 Å². The quantitative estimate of drug-likeness (QED) is 0.848. The van der Waals surface area contributed by atoms with E-state index in [0.29, 0.717) is 28.8 Å². The van der Waals surface area contributed by atoms with Crippen molar-refractivity contribution in [3.63, 3.8) is 0 Å². The largest absolute Gasteiger partial charge is 0.326 e. The van der Waals surface area contributed by atoms with Gasteiger partial charge in [0.05, 0.1) is 0 Å². The molecule has 2 rings (SSSR count). The van der Waals surface area contributed by atoms with Gasteiger partial charge in [0.25, 0.3) is 5.76 Å². The van der Waals surface area contributed by atoms with Crippen LogP contribution in [0.4, 0.5) is 13.2 Å². The van der Waals surface area contributed by atoms with Crippen LogP contribution >= 0.6 is 11.8 Å². The Kier molecular flexibility index (Phi) is 4.50. The van der Waals surface area contributed by atoms with Crippen LogP contribution in [0.2, 0.25) is 0 Å². The second-order valence-corrected chi connectivity index (χ2v) is 4.97. The van der Waals surface area contributed by atoms with Crippen LogP contribution in [0.3, 0.4) is 0 Å². The summed E-state index contributed by atoms with van der Waals surface area (Å²) in [7, 11) is 0. The van der Waals surface area contributed by atoms with Crippen molar-refractivity contribution >= 4 is 11.8 Å². The van der Waals surface area contributed by atoms with Gasteiger partial charge in [-0.1, -0.05) is 30.0 Å². The van der Waals surface area contributed by atoms with Gasteiger partial charge in [0.2, 0.25) is 0 Å². The van der Waals surface area contributed by atoms with Gasteiger partial charge in [0.1, 0.15) is 5.82 Å². The first kappa shape index (κ1) is 14.0. The molecule has 0 aliphatic rings. The molecular weight excluding hydrogens is 271 g/mol. The summed E-state index contributed by atoms with van der Waals surface area (Å²) in [5.74, 6) is -2.79. The Morgan fingerprint density at radius 1 is 1.05 bits per heavy atom. The van der Waals surface area contributed by atoms with Crippen molar-refractivity contribution in [3.05, 3.63) is 53.8 Å². The van der Waals surface area contributed by atoms with Crippen molar-refractivity contribution in [2.45, 2.75) is 17.2 Å². The van der Waals surface area contributed by atoms with Crippen LogP contribution < -0.4 is 5.73 Å². The van der Waals surface area contributed by atoms with Crippen molar-refractivity contribution < 1.29 is 13.2 Å². The number of rotatable bonds is 4. The fraction of sp³-hybridized carbons (Fsp3) is 0.143. The van der Waals surface area contributed by atoms with Crippen molar-refractivity contribution in [1.29, 1.82) is 0 Å². The van der Waals surface area contributed by atoms with Crippen LogP contribution in [0.25, 0.3) is 11.1 Å². The predicted octanol–water partition coefficient (Wildman–Crippen LogP) is 4.27. The van der Waals surface area contributed by atoms with E-state index in [1.54, 1.807) is 30.3 Å². The van der Waals surface area contributed by atoms with E-state index in [9.17, 15) is 13.2 Å². The molecule has 0 spiro atoms. The average Bonchev–Trinajstić information content (AvgIpc) is 2.39. The molecule has 0 saturated carbocycles. The van der Waals surface area contributed by atoms with Crippen LogP contribution in [-0.4, -0.2) is 5.76 Å². The van der Waals surface area contributed by atoms with Crippen molar-refractivity contribution in [2.24, 2.45) is 5.73 Å². The molecule has 1 nitrogen and oxygen atoms in total. The Labute approximate surface area is 113 Å². The molecular formula is C14H12F3NS. The number of thioether (sulfide) groups is 1. The molecule has 100 valence electrons.